The van der Waals surface area contributed by atoms with Gasteiger partial charge in [-0.2, -0.15) is 0 Å². The van der Waals surface area contributed by atoms with E-state index in [4.69, 9.17) is 4.74 Å². The number of aromatic amines is 1. The molecule has 0 unspecified atom stereocenters. The van der Waals surface area contributed by atoms with Crippen molar-refractivity contribution in [2.45, 2.75) is 37.4 Å². The zero-order chi connectivity index (χ0) is 19.7. The van der Waals surface area contributed by atoms with Gasteiger partial charge in [-0.3, -0.25) is 4.79 Å². The Balaban J connectivity index is 1.60. The van der Waals surface area contributed by atoms with E-state index in [2.05, 4.69) is 26.8 Å². The highest BCUT2D eigenvalue weighted by atomic mass is 19.1. The molecule has 0 aromatic carbocycles. The van der Waals surface area contributed by atoms with Gasteiger partial charge >= 0.3 is 0 Å². The molecule has 2 aliphatic heterocycles. The number of likely N-dealkylation sites (tertiary alicyclic amines) is 1. The maximum atomic E-state index is 14.6. The molecule has 0 radical (unpaired) electrons. The second kappa shape index (κ2) is 7.83. The van der Waals surface area contributed by atoms with Crippen LogP contribution in [0.1, 0.15) is 30.7 Å². The van der Waals surface area contributed by atoms with Crippen LogP contribution in [0.4, 0.5) is 14.6 Å². The minimum absolute atomic E-state index is 0.0471. The van der Waals surface area contributed by atoms with Crippen molar-refractivity contribution in [1.29, 1.82) is 0 Å². The van der Waals surface area contributed by atoms with Gasteiger partial charge in [0.2, 0.25) is 0 Å². The van der Waals surface area contributed by atoms with E-state index in [0.29, 0.717) is 30.6 Å². The molecule has 0 spiro atoms. The molecule has 0 bridgehead atoms. The molecule has 150 valence electrons. The molecule has 4 heterocycles. The van der Waals surface area contributed by atoms with Gasteiger partial charge in [-0.25, -0.2) is 18.7 Å². The number of halogens is 2. The number of ether oxygens (including phenoxy) is 1. The first-order chi connectivity index (χ1) is 13.5. The fourth-order valence-corrected chi connectivity index (χ4v) is 4.02. The second-order valence-electron chi connectivity index (χ2n) is 7.29. The van der Waals surface area contributed by atoms with Crippen LogP contribution < -0.4 is 5.32 Å². The SMILES string of the molecule is C=C(F)C(=O)N1CC[C@H](F)[C@@H](Nc2ncnc3[nH]cc(C4CCOCC4)c23)C1. The van der Waals surface area contributed by atoms with E-state index in [0.717, 1.165) is 23.8 Å². The lowest BCUT2D eigenvalue weighted by molar-refractivity contribution is -0.130. The third-order valence-corrected chi connectivity index (χ3v) is 5.53. The minimum atomic E-state index is -1.17. The summed E-state index contributed by atoms with van der Waals surface area (Å²) in [7, 11) is 0. The van der Waals surface area contributed by atoms with Gasteiger partial charge in [-0.1, -0.05) is 6.58 Å². The highest BCUT2D eigenvalue weighted by Crippen LogP contribution is 2.35. The van der Waals surface area contributed by atoms with Crippen LogP contribution in [-0.4, -0.2) is 64.3 Å². The molecule has 2 atom stereocenters. The smallest absolute Gasteiger partial charge is 0.282 e. The molecule has 0 saturated carbocycles. The van der Waals surface area contributed by atoms with Gasteiger partial charge in [0.05, 0.1) is 11.4 Å². The highest BCUT2D eigenvalue weighted by molar-refractivity contribution is 5.92. The van der Waals surface area contributed by atoms with Crippen molar-refractivity contribution < 1.29 is 18.3 Å². The Labute approximate surface area is 161 Å². The second-order valence-corrected chi connectivity index (χ2v) is 7.29. The monoisotopic (exact) mass is 391 g/mol. The van der Waals surface area contributed by atoms with Crippen LogP contribution in [0.5, 0.6) is 0 Å². The number of carbonyl (C=O) groups is 1. The summed E-state index contributed by atoms with van der Waals surface area (Å²) in [6.07, 6.45) is 4.10. The molecule has 2 aromatic heterocycles. The standard InChI is InChI=1S/C19H23F2N5O2/c1-11(20)19(27)26-5-2-14(21)15(9-26)25-18-16-13(12-3-6-28-7-4-12)8-22-17(16)23-10-24-18/h8,10,12,14-15H,1-7,9H2,(H2,22,23,24,25)/t14-,15-/m0/s1. The molecule has 7 nitrogen and oxygen atoms in total. The average Bonchev–Trinajstić information content (AvgIpc) is 3.15. The van der Waals surface area contributed by atoms with E-state index in [9.17, 15) is 13.6 Å². The van der Waals surface area contributed by atoms with Crippen LogP contribution in [0, 0.1) is 0 Å². The molecular formula is C19H23F2N5O2. The number of hydrogen-bond donors (Lipinski definition) is 2. The van der Waals surface area contributed by atoms with Gasteiger partial charge in [0.15, 0.2) is 5.83 Å². The number of anilines is 1. The maximum Gasteiger partial charge on any atom is 0.282 e. The molecule has 2 N–H and O–H groups in total. The summed E-state index contributed by atoms with van der Waals surface area (Å²) in [5.74, 6) is -0.993. The normalized spacial score (nSPS) is 23.7. The van der Waals surface area contributed by atoms with Crippen LogP contribution in [-0.2, 0) is 9.53 Å². The highest BCUT2D eigenvalue weighted by Gasteiger charge is 2.33. The van der Waals surface area contributed by atoms with Gasteiger partial charge in [0.25, 0.3) is 5.91 Å². The van der Waals surface area contributed by atoms with Crippen molar-refractivity contribution in [1.82, 2.24) is 19.9 Å². The Kier molecular flexibility index (Phi) is 5.25. The lowest BCUT2D eigenvalue weighted by Crippen LogP contribution is -2.51. The first-order valence-electron chi connectivity index (χ1n) is 9.48. The number of H-pyrrole nitrogens is 1. The average molecular weight is 391 g/mol. The van der Waals surface area contributed by atoms with Crippen molar-refractivity contribution >= 4 is 22.8 Å². The molecule has 2 saturated heterocycles. The first-order valence-corrected chi connectivity index (χ1v) is 9.48. The lowest BCUT2D eigenvalue weighted by Gasteiger charge is -2.35. The summed E-state index contributed by atoms with van der Waals surface area (Å²) >= 11 is 0. The van der Waals surface area contributed by atoms with Gasteiger partial charge in [0, 0.05) is 32.5 Å². The number of carbonyl (C=O) groups excluding carboxylic acids is 1. The summed E-state index contributed by atoms with van der Waals surface area (Å²) < 4.78 is 33.2. The van der Waals surface area contributed by atoms with Crippen LogP contribution in [0.15, 0.2) is 24.9 Å². The van der Waals surface area contributed by atoms with Crippen LogP contribution >= 0.6 is 0 Å². The van der Waals surface area contributed by atoms with Gasteiger partial charge in [0.1, 0.15) is 24.0 Å². The van der Waals surface area contributed by atoms with E-state index >= 15 is 0 Å². The number of aromatic nitrogens is 3. The number of nitrogens with zero attached hydrogens (tertiary/aromatic N) is 3. The summed E-state index contributed by atoms with van der Waals surface area (Å²) in [6, 6.07) is -0.687. The summed E-state index contributed by atoms with van der Waals surface area (Å²) in [6.45, 7) is 4.66. The molecule has 0 aliphatic carbocycles. The molecule has 1 amide bonds. The number of alkyl halides is 1. The van der Waals surface area contributed by atoms with Crippen molar-refractivity contribution in [3.05, 3.63) is 30.5 Å². The Hall–Kier alpha value is -2.55. The quantitative estimate of drug-likeness (QED) is 0.783. The first kappa shape index (κ1) is 18.8. The van der Waals surface area contributed by atoms with Crippen LogP contribution in [0.2, 0.25) is 0 Å². The Morgan fingerprint density at radius 2 is 2.11 bits per heavy atom. The topological polar surface area (TPSA) is 83.1 Å². The van der Waals surface area contributed by atoms with Crippen molar-refractivity contribution in [2.75, 3.05) is 31.6 Å². The summed E-state index contributed by atoms with van der Waals surface area (Å²) in [5.41, 5.74) is 1.76. The Bertz CT molecular complexity index is 880. The van der Waals surface area contributed by atoms with Gasteiger partial charge in [-0.05, 0) is 30.7 Å². The number of fused-ring (bicyclic) bond motifs is 1. The molecule has 4 rings (SSSR count). The zero-order valence-corrected chi connectivity index (χ0v) is 15.5. The minimum Gasteiger partial charge on any atom is -0.381 e. The van der Waals surface area contributed by atoms with E-state index in [1.165, 1.54) is 11.2 Å². The van der Waals surface area contributed by atoms with Crippen molar-refractivity contribution in [3.63, 3.8) is 0 Å². The predicted octanol–water partition coefficient (Wildman–Crippen LogP) is 2.69. The molecule has 9 heteroatoms. The fourth-order valence-electron chi connectivity index (χ4n) is 4.02. The largest absolute Gasteiger partial charge is 0.381 e. The summed E-state index contributed by atoms with van der Waals surface area (Å²) in [5, 5.41) is 3.97. The van der Waals surface area contributed by atoms with E-state index in [1.807, 2.05) is 6.20 Å². The summed E-state index contributed by atoms with van der Waals surface area (Å²) in [4.78, 5) is 25.0. The molecule has 28 heavy (non-hydrogen) atoms. The predicted molar refractivity (Wildman–Crippen MR) is 100 cm³/mol. The molecular weight excluding hydrogens is 368 g/mol. The van der Waals surface area contributed by atoms with E-state index in [-0.39, 0.29) is 19.5 Å². The lowest BCUT2D eigenvalue weighted by atomic mass is 9.92. The molecule has 2 fully saturated rings. The van der Waals surface area contributed by atoms with Gasteiger partial charge < -0.3 is 19.9 Å². The number of amides is 1. The number of rotatable bonds is 4. The molecule has 2 aliphatic rings. The van der Waals surface area contributed by atoms with Crippen molar-refractivity contribution in [3.8, 4) is 0 Å². The third kappa shape index (κ3) is 3.58. The van der Waals surface area contributed by atoms with Crippen LogP contribution in [0.25, 0.3) is 11.0 Å². The fraction of sp³-hybridized carbons (Fsp3) is 0.526. The Morgan fingerprint density at radius 1 is 1.32 bits per heavy atom. The number of hydrogen-bond acceptors (Lipinski definition) is 5. The zero-order valence-electron chi connectivity index (χ0n) is 15.5. The molecule has 2 aromatic rings. The van der Waals surface area contributed by atoms with Crippen LogP contribution in [0.3, 0.4) is 0 Å². The van der Waals surface area contributed by atoms with E-state index in [1.54, 1.807) is 0 Å². The number of nitrogens with one attached hydrogen (secondary N) is 2. The number of piperidine rings is 1. The Morgan fingerprint density at radius 3 is 2.86 bits per heavy atom. The van der Waals surface area contributed by atoms with Crippen molar-refractivity contribution in [2.24, 2.45) is 0 Å². The third-order valence-electron chi connectivity index (χ3n) is 5.53. The van der Waals surface area contributed by atoms with E-state index < -0.39 is 23.9 Å². The maximum absolute atomic E-state index is 14.6. The van der Waals surface area contributed by atoms with Gasteiger partial charge in [-0.15, -0.1) is 0 Å².